The van der Waals surface area contributed by atoms with Gasteiger partial charge in [-0.15, -0.1) is 0 Å². The molecular formula is C14H12N2OS. The molecule has 0 aliphatic carbocycles. The highest BCUT2D eigenvalue weighted by molar-refractivity contribution is 7.07. The standard InChI is InChI=1S/C14H12N2OS/c1-10(17)12-2-3-13(7-15)14(6-12)16-8-11-4-5-18-9-11/h2-6,9,16H,8H2,1H3. The first-order valence-corrected chi connectivity index (χ1v) is 6.45. The van der Waals surface area contributed by atoms with Crippen molar-refractivity contribution in [3.05, 3.63) is 51.7 Å². The minimum atomic E-state index is -0.00178. The summed E-state index contributed by atoms with van der Waals surface area (Å²) in [5.74, 6) is -0.00178. The van der Waals surface area contributed by atoms with Gasteiger partial charge in [-0.2, -0.15) is 16.6 Å². The fourth-order valence-corrected chi connectivity index (χ4v) is 2.27. The maximum absolute atomic E-state index is 11.3. The quantitative estimate of drug-likeness (QED) is 0.852. The largest absolute Gasteiger partial charge is 0.380 e. The number of hydrogen-bond donors (Lipinski definition) is 1. The van der Waals surface area contributed by atoms with Crippen LogP contribution in [0.3, 0.4) is 0 Å². The van der Waals surface area contributed by atoms with Gasteiger partial charge in [-0.25, -0.2) is 0 Å². The van der Waals surface area contributed by atoms with Crippen molar-refractivity contribution in [2.75, 3.05) is 5.32 Å². The van der Waals surface area contributed by atoms with Crippen LogP contribution in [0, 0.1) is 11.3 Å². The minimum absolute atomic E-state index is 0.00178. The molecule has 0 unspecified atom stereocenters. The fourth-order valence-electron chi connectivity index (χ4n) is 1.60. The van der Waals surface area contributed by atoms with E-state index in [4.69, 9.17) is 5.26 Å². The molecule has 1 heterocycles. The highest BCUT2D eigenvalue weighted by Crippen LogP contribution is 2.19. The number of rotatable bonds is 4. The highest BCUT2D eigenvalue weighted by atomic mass is 32.1. The van der Waals surface area contributed by atoms with Crippen molar-refractivity contribution in [3.8, 4) is 6.07 Å². The maximum atomic E-state index is 11.3. The number of nitrogens with one attached hydrogen (secondary N) is 1. The molecule has 1 aromatic carbocycles. The van der Waals surface area contributed by atoms with Crippen LogP contribution in [0.4, 0.5) is 5.69 Å². The van der Waals surface area contributed by atoms with Crippen LogP contribution in [0.15, 0.2) is 35.0 Å². The van der Waals surface area contributed by atoms with E-state index in [9.17, 15) is 4.79 Å². The summed E-state index contributed by atoms with van der Waals surface area (Å²) < 4.78 is 0. The Kier molecular flexibility index (Phi) is 3.75. The molecule has 2 rings (SSSR count). The van der Waals surface area contributed by atoms with Gasteiger partial charge in [0.2, 0.25) is 0 Å². The highest BCUT2D eigenvalue weighted by Gasteiger charge is 2.06. The van der Waals surface area contributed by atoms with Crippen molar-refractivity contribution in [1.29, 1.82) is 5.26 Å². The maximum Gasteiger partial charge on any atom is 0.159 e. The predicted octanol–water partition coefficient (Wildman–Crippen LogP) is 3.43. The zero-order chi connectivity index (χ0) is 13.0. The Labute approximate surface area is 110 Å². The van der Waals surface area contributed by atoms with Gasteiger partial charge in [-0.05, 0) is 47.5 Å². The van der Waals surface area contributed by atoms with E-state index in [1.807, 2.05) is 16.8 Å². The summed E-state index contributed by atoms with van der Waals surface area (Å²) in [6.45, 7) is 2.17. The topological polar surface area (TPSA) is 52.9 Å². The number of carbonyl (C=O) groups excluding carboxylic acids is 1. The van der Waals surface area contributed by atoms with Gasteiger partial charge in [0.15, 0.2) is 5.78 Å². The lowest BCUT2D eigenvalue weighted by molar-refractivity contribution is 0.101. The summed E-state index contributed by atoms with van der Waals surface area (Å²) in [5.41, 5.74) is 3.03. The third-order valence-electron chi connectivity index (χ3n) is 2.61. The van der Waals surface area contributed by atoms with Crippen LogP contribution in [0.2, 0.25) is 0 Å². The van der Waals surface area contributed by atoms with Crippen molar-refractivity contribution in [1.82, 2.24) is 0 Å². The van der Waals surface area contributed by atoms with Gasteiger partial charge in [0, 0.05) is 12.1 Å². The lowest BCUT2D eigenvalue weighted by atomic mass is 10.1. The minimum Gasteiger partial charge on any atom is -0.380 e. The summed E-state index contributed by atoms with van der Waals surface area (Å²) in [4.78, 5) is 11.3. The SMILES string of the molecule is CC(=O)c1ccc(C#N)c(NCc2ccsc2)c1. The number of nitrogens with zero attached hydrogens (tertiary/aromatic N) is 1. The lowest BCUT2D eigenvalue weighted by Gasteiger charge is -2.08. The second kappa shape index (κ2) is 5.48. The number of carbonyl (C=O) groups is 1. The van der Waals surface area contributed by atoms with E-state index in [0.717, 1.165) is 5.56 Å². The molecule has 0 radical (unpaired) electrons. The van der Waals surface area contributed by atoms with E-state index in [1.165, 1.54) is 6.92 Å². The number of benzene rings is 1. The number of nitriles is 1. The number of thiophene rings is 1. The Bertz CT molecular complexity index is 597. The average Bonchev–Trinajstić information content (AvgIpc) is 2.89. The second-order valence-corrected chi connectivity index (χ2v) is 4.69. The summed E-state index contributed by atoms with van der Waals surface area (Å²) in [6, 6.07) is 9.23. The summed E-state index contributed by atoms with van der Waals surface area (Å²) >= 11 is 1.63. The Morgan fingerprint density at radius 1 is 1.44 bits per heavy atom. The van der Waals surface area contributed by atoms with Crippen molar-refractivity contribution in [2.45, 2.75) is 13.5 Å². The zero-order valence-corrected chi connectivity index (χ0v) is 10.8. The van der Waals surface area contributed by atoms with E-state index in [0.29, 0.717) is 23.4 Å². The molecule has 0 aliphatic heterocycles. The average molecular weight is 256 g/mol. The monoisotopic (exact) mass is 256 g/mol. The second-order valence-electron chi connectivity index (χ2n) is 3.91. The van der Waals surface area contributed by atoms with E-state index in [-0.39, 0.29) is 5.78 Å². The Balaban J connectivity index is 2.22. The molecular weight excluding hydrogens is 244 g/mol. The molecule has 0 atom stereocenters. The summed E-state index contributed by atoms with van der Waals surface area (Å²) in [5, 5.41) is 16.3. The van der Waals surface area contributed by atoms with Crippen molar-refractivity contribution < 1.29 is 4.79 Å². The van der Waals surface area contributed by atoms with Crippen molar-refractivity contribution >= 4 is 22.8 Å². The van der Waals surface area contributed by atoms with Crippen molar-refractivity contribution in [2.24, 2.45) is 0 Å². The molecule has 2 aromatic rings. The molecule has 0 bridgehead atoms. The van der Waals surface area contributed by atoms with Crippen LogP contribution < -0.4 is 5.32 Å². The molecule has 4 heteroatoms. The van der Waals surface area contributed by atoms with Gasteiger partial charge in [-0.3, -0.25) is 4.79 Å². The Morgan fingerprint density at radius 2 is 2.28 bits per heavy atom. The van der Waals surface area contributed by atoms with Gasteiger partial charge in [0.25, 0.3) is 0 Å². The van der Waals surface area contributed by atoms with Crippen LogP contribution in [-0.4, -0.2) is 5.78 Å². The van der Waals surface area contributed by atoms with Crippen LogP contribution in [-0.2, 0) is 6.54 Å². The Hall–Kier alpha value is -2.12. The molecule has 18 heavy (non-hydrogen) atoms. The molecule has 0 spiro atoms. The molecule has 0 aliphatic rings. The van der Waals surface area contributed by atoms with Crippen molar-refractivity contribution in [3.63, 3.8) is 0 Å². The summed E-state index contributed by atoms with van der Waals surface area (Å²) in [6.07, 6.45) is 0. The number of Topliss-reactive ketones (excluding diaryl/α,β-unsaturated/α-hetero) is 1. The van der Waals surface area contributed by atoms with E-state index in [2.05, 4.69) is 11.4 Å². The first kappa shape index (κ1) is 12.3. The van der Waals surface area contributed by atoms with E-state index in [1.54, 1.807) is 29.5 Å². The normalized spacial score (nSPS) is 9.78. The first-order valence-electron chi connectivity index (χ1n) is 5.50. The predicted molar refractivity (Wildman–Crippen MR) is 72.8 cm³/mol. The smallest absolute Gasteiger partial charge is 0.159 e. The fraction of sp³-hybridized carbons (Fsp3) is 0.143. The van der Waals surface area contributed by atoms with E-state index < -0.39 is 0 Å². The van der Waals surface area contributed by atoms with Gasteiger partial charge < -0.3 is 5.32 Å². The number of hydrogen-bond acceptors (Lipinski definition) is 4. The first-order chi connectivity index (χ1) is 8.70. The van der Waals surface area contributed by atoms with Gasteiger partial charge in [0.1, 0.15) is 6.07 Å². The molecule has 3 nitrogen and oxygen atoms in total. The molecule has 0 amide bonds. The molecule has 90 valence electrons. The van der Waals surface area contributed by atoms with Gasteiger partial charge in [0.05, 0.1) is 11.3 Å². The lowest BCUT2D eigenvalue weighted by Crippen LogP contribution is -2.02. The zero-order valence-electron chi connectivity index (χ0n) is 9.93. The third-order valence-corrected chi connectivity index (χ3v) is 3.34. The third kappa shape index (κ3) is 2.76. The molecule has 0 fully saturated rings. The van der Waals surface area contributed by atoms with Crippen LogP contribution in [0.25, 0.3) is 0 Å². The van der Waals surface area contributed by atoms with E-state index >= 15 is 0 Å². The van der Waals surface area contributed by atoms with Gasteiger partial charge in [-0.1, -0.05) is 0 Å². The number of anilines is 1. The van der Waals surface area contributed by atoms with Crippen LogP contribution in [0.5, 0.6) is 0 Å². The molecule has 0 saturated heterocycles. The number of ketones is 1. The molecule has 1 N–H and O–H groups in total. The molecule has 1 aromatic heterocycles. The van der Waals surface area contributed by atoms with Crippen LogP contribution in [0.1, 0.15) is 28.4 Å². The van der Waals surface area contributed by atoms with Gasteiger partial charge >= 0.3 is 0 Å². The molecule has 0 saturated carbocycles. The van der Waals surface area contributed by atoms with Crippen LogP contribution >= 0.6 is 11.3 Å². The Morgan fingerprint density at radius 3 is 2.89 bits per heavy atom. The summed E-state index contributed by atoms with van der Waals surface area (Å²) in [7, 11) is 0.